The van der Waals surface area contributed by atoms with Crippen molar-refractivity contribution in [3.05, 3.63) is 0 Å². The van der Waals surface area contributed by atoms with Gasteiger partial charge in [-0.1, -0.05) is 12.8 Å². The Morgan fingerprint density at radius 3 is 1.67 bits per heavy atom. The lowest BCUT2D eigenvalue weighted by atomic mass is 9.68. The lowest BCUT2D eigenvalue weighted by molar-refractivity contribution is -0.0669. The molecule has 2 fully saturated rings. The fraction of sp³-hybridized carbons (Fsp3) is 1.00. The molecule has 0 aromatic heterocycles. The van der Waals surface area contributed by atoms with Crippen molar-refractivity contribution in [3.8, 4) is 0 Å². The molecule has 2 aliphatic rings. The van der Waals surface area contributed by atoms with E-state index in [0.29, 0.717) is 5.92 Å². The van der Waals surface area contributed by atoms with Gasteiger partial charge in [-0.25, -0.2) is 0 Å². The van der Waals surface area contributed by atoms with Crippen molar-refractivity contribution < 1.29 is 10.2 Å². The van der Waals surface area contributed by atoms with E-state index in [1.165, 1.54) is 12.8 Å². The molecule has 2 nitrogen and oxygen atoms in total. The van der Waals surface area contributed by atoms with Crippen LogP contribution < -0.4 is 0 Å². The molecule has 0 aliphatic heterocycles. The minimum atomic E-state index is -0.223. The molecular weight excluding hydrogens is 152 g/mol. The van der Waals surface area contributed by atoms with Crippen LogP contribution in [0.1, 0.15) is 38.5 Å². The van der Waals surface area contributed by atoms with Gasteiger partial charge in [0.2, 0.25) is 0 Å². The van der Waals surface area contributed by atoms with Gasteiger partial charge in [0.1, 0.15) is 0 Å². The van der Waals surface area contributed by atoms with Crippen LogP contribution in [0.25, 0.3) is 0 Å². The molecule has 0 radical (unpaired) electrons. The van der Waals surface area contributed by atoms with Gasteiger partial charge in [0.05, 0.1) is 12.2 Å². The molecule has 2 N–H and O–H groups in total. The molecule has 2 atom stereocenters. The quantitative estimate of drug-likeness (QED) is 0.575. The Labute approximate surface area is 73.6 Å². The Bertz CT molecular complexity index is 142. The first-order valence-corrected chi connectivity index (χ1v) is 5.15. The number of aliphatic hydroxyl groups excluding tert-OH is 2. The second-order valence-corrected chi connectivity index (χ2v) is 4.33. The Balaban J connectivity index is 2.07. The van der Waals surface area contributed by atoms with Crippen molar-refractivity contribution >= 4 is 0 Å². The van der Waals surface area contributed by atoms with Gasteiger partial charge in [-0.3, -0.25) is 0 Å². The number of hydrogen-bond donors (Lipinski definition) is 2. The molecule has 0 amide bonds. The van der Waals surface area contributed by atoms with Crippen LogP contribution >= 0.6 is 0 Å². The van der Waals surface area contributed by atoms with Crippen molar-refractivity contribution in [1.29, 1.82) is 0 Å². The predicted molar refractivity (Wildman–Crippen MR) is 46.7 cm³/mol. The van der Waals surface area contributed by atoms with Crippen LogP contribution in [0.15, 0.2) is 0 Å². The standard InChI is InChI=1S/C10H18O2/c11-8-5-1-3-7-4-2-6-9(12)10(7)8/h7-12H,1-6H2. The molecule has 2 unspecified atom stereocenters. The average Bonchev–Trinajstić information content (AvgIpc) is 2.04. The van der Waals surface area contributed by atoms with E-state index in [2.05, 4.69) is 0 Å². The maximum Gasteiger partial charge on any atom is 0.0595 e. The maximum atomic E-state index is 9.71. The van der Waals surface area contributed by atoms with Gasteiger partial charge in [0.25, 0.3) is 0 Å². The summed E-state index contributed by atoms with van der Waals surface area (Å²) >= 11 is 0. The van der Waals surface area contributed by atoms with Gasteiger partial charge in [0.15, 0.2) is 0 Å². The van der Waals surface area contributed by atoms with Gasteiger partial charge in [0, 0.05) is 5.92 Å². The van der Waals surface area contributed by atoms with Crippen LogP contribution in [0.5, 0.6) is 0 Å². The molecule has 0 aromatic carbocycles. The summed E-state index contributed by atoms with van der Waals surface area (Å²) in [5, 5.41) is 19.4. The zero-order chi connectivity index (χ0) is 8.55. The predicted octanol–water partition coefficient (Wildman–Crippen LogP) is 1.31. The molecule has 12 heavy (non-hydrogen) atoms. The summed E-state index contributed by atoms with van der Waals surface area (Å²) in [6.45, 7) is 0. The lowest BCUT2D eigenvalue weighted by Crippen LogP contribution is -2.43. The molecule has 2 heteroatoms. The van der Waals surface area contributed by atoms with Crippen molar-refractivity contribution in [3.63, 3.8) is 0 Å². The van der Waals surface area contributed by atoms with E-state index < -0.39 is 0 Å². The second-order valence-electron chi connectivity index (χ2n) is 4.33. The monoisotopic (exact) mass is 170 g/mol. The van der Waals surface area contributed by atoms with Gasteiger partial charge >= 0.3 is 0 Å². The number of rotatable bonds is 0. The van der Waals surface area contributed by atoms with E-state index in [0.717, 1.165) is 25.7 Å². The van der Waals surface area contributed by atoms with Crippen molar-refractivity contribution in [2.75, 3.05) is 0 Å². The first-order valence-electron chi connectivity index (χ1n) is 5.15. The highest BCUT2D eigenvalue weighted by molar-refractivity contribution is 4.89. The van der Waals surface area contributed by atoms with Crippen molar-refractivity contribution in [1.82, 2.24) is 0 Å². The number of aliphatic hydroxyl groups is 2. The average molecular weight is 170 g/mol. The van der Waals surface area contributed by atoms with Crippen LogP contribution in [0.2, 0.25) is 0 Å². The fourth-order valence-corrected chi connectivity index (χ4v) is 2.98. The molecular formula is C10H18O2. The molecule has 2 saturated carbocycles. The molecule has 0 spiro atoms. The van der Waals surface area contributed by atoms with Gasteiger partial charge in [-0.2, -0.15) is 0 Å². The molecule has 0 saturated heterocycles. The summed E-state index contributed by atoms with van der Waals surface area (Å²) < 4.78 is 0. The molecule has 0 aromatic rings. The zero-order valence-corrected chi connectivity index (χ0v) is 7.45. The molecule has 2 rings (SSSR count). The summed E-state index contributed by atoms with van der Waals surface area (Å²) in [6.07, 6.45) is 6.09. The second kappa shape index (κ2) is 3.35. The van der Waals surface area contributed by atoms with E-state index in [-0.39, 0.29) is 18.1 Å². The summed E-state index contributed by atoms with van der Waals surface area (Å²) in [5.74, 6) is 0.810. The van der Waals surface area contributed by atoms with E-state index in [1.807, 2.05) is 0 Å². The Morgan fingerprint density at radius 1 is 0.750 bits per heavy atom. The highest BCUT2D eigenvalue weighted by Crippen LogP contribution is 2.40. The third-order valence-corrected chi connectivity index (χ3v) is 3.58. The van der Waals surface area contributed by atoms with Crippen molar-refractivity contribution in [2.45, 2.75) is 50.7 Å². The molecule has 0 heterocycles. The zero-order valence-electron chi connectivity index (χ0n) is 7.45. The van der Waals surface area contributed by atoms with Crippen LogP contribution in [-0.2, 0) is 0 Å². The Hall–Kier alpha value is -0.0800. The topological polar surface area (TPSA) is 40.5 Å². The maximum absolute atomic E-state index is 9.71. The highest BCUT2D eigenvalue weighted by atomic mass is 16.3. The molecule has 70 valence electrons. The van der Waals surface area contributed by atoms with E-state index in [1.54, 1.807) is 0 Å². The largest absolute Gasteiger partial charge is 0.393 e. The Kier molecular flexibility index (Phi) is 2.37. The summed E-state index contributed by atoms with van der Waals surface area (Å²) in [4.78, 5) is 0. The highest BCUT2D eigenvalue weighted by Gasteiger charge is 2.39. The smallest absolute Gasteiger partial charge is 0.0595 e. The SMILES string of the molecule is OC1CCCC2CCCC(O)C12. The third kappa shape index (κ3) is 1.38. The minimum Gasteiger partial charge on any atom is -0.393 e. The van der Waals surface area contributed by atoms with Gasteiger partial charge in [-0.05, 0) is 31.6 Å². The number of fused-ring (bicyclic) bond motifs is 1. The van der Waals surface area contributed by atoms with E-state index in [9.17, 15) is 10.2 Å². The summed E-state index contributed by atoms with van der Waals surface area (Å²) in [6, 6.07) is 0. The summed E-state index contributed by atoms with van der Waals surface area (Å²) in [7, 11) is 0. The van der Waals surface area contributed by atoms with Gasteiger partial charge in [-0.15, -0.1) is 0 Å². The normalized spacial score (nSPS) is 48.5. The lowest BCUT2D eigenvalue weighted by Gasteiger charge is -2.41. The molecule has 2 aliphatic carbocycles. The van der Waals surface area contributed by atoms with E-state index in [4.69, 9.17) is 0 Å². The molecule has 0 bridgehead atoms. The fourth-order valence-electron chi connectivity index (χ4n) is 2.98. The third-order valence-electron chi connectivity index (χ3n) is 3.58. The minimum absolute atomic E-state index is 0.201. The van der Waals surface area contributed by atoms with Crippen LogP contribution in [0, 0.1) is 11.8 Å². The van der Waals surface area contributed by atoms with Crippen LogP contribution in [-0.4, -0.2) is 22.4 Å². The Morgan fingerprint density at radius 2 is 1.25 bits per heavy atom. The van der Waals surface area contributed by atoms with Crippen molar-refractivity contribution in [2.24, 2.45) is 11.8 Å². The summed E-state index contributed by atoms with van der Waals surface area (Å²) in [5.41, 5.74) is 0. The van der Waals surface area contributed by atoms with Crippen LogP contribution in [0.3, 0.4) is 0 Å². The van der Waals surface area contributed by atoms with Crippen LogP contribution in [0.4, 0.5) is 0 Å². The van der Waals surface area contributed by atoms with E-state index >= 15 is 0 Å². The van der Waals surface area contributed by atoms with Gasteiger partial charge < -0.3 is 10.2 Å². The number of hydrogen-bond acceptors (Lipinski definition) is 2. The first-order chi connectivity index (χ1) is 5.79. The first kappa shape index (κ1) is 8.52.